The Bertz CT molecular complexity index is 479. The lowest BCUT2D eigenvalue weighted by atomic mass is 10.2. The Morgan fingerprint density at radius 1 is 1.45 bits per heavy atom. The van der Waals surface area contributed by atoms with Gasteiger partial charge in [-0.2, -0.15) is 0 Å². The van der Waals surface area contributed by atoms with E-state index in [0.29, 0.717) is 28.9 Å². The van der Waals surface area contributed by atoms with Gasteiger partial charge in [-0.05, 0) is 27.7 Å². The fourth-order valence-corrected chi connectivity index (χ4v) is 3.28. The molecule has 1 aromatic rings. The van der Waals surface area contributed by atoms with Crippen molar-refractivity contribution in [3.63, 3.8) is 0 Å². The summed E-state index contributed by atoms with van der Waals surface area (Å²) in [6.07, 6.45) is 0.0928. The summed E-state index contributed by atoms with van der Waals surface area (Å²) < 4.78 is 5.64. The summed E-state index contributed by atoms with van der Waals surface area (Å²) in [6, 6.07) is 0.256. The van der Waals surface area contributed by atoms with Gasteiger partial charge in [0.2, 0.25) is 0 Å². The first kappa shape index (κ1) is 15.1. The molecule has 1 amide bonds. The van der Waals surface area contributed by atoms with E-state index in [4.69, 9.17) is 10.5 Å². The number of nitrogens with two attached hydrogens (primary N) is 1. The number of ether oxygens (including phenoxy) is 1. The van der Waals surface area contributed by atoms with E-state index < -0.39 is 0 Å². The van der Waals surface area contributed by atoms with Crippen LogP contribution in [0.4, 0.5) is 10.9 Å². The van der Waals surface area contributed by atoms with Crippen molar-refractivity contribution >= 4 is 28.2 Å². The van der Waals surface area contributed by atoms with Gasteiger partial charge < -0.3 is 20.7 Å². The zero-order valence-electron chi connectivity index (χ0n) is 12.3. The molecular formula is C13H22N4O2S. The van der Waals surface area contributed by atoms with Crippen molar-refractivity contribution in [2.45, 2.75) is 45.9 Å². The van der Waals surface area contributed by atoms with Gasteiger partial charge in [0.15, 0.2) is 5.13 Å². The van der Waals surface area contributed by atoms with Crippen molar-refractivity contribution in [1.29, 1.82) is 0 Å². The highest BCUT2D eigenvalue weighted by Crippen LogP contribution is 2.27. The molecule has 2 rings (SSSR count). The number of aromatic nitrogens is 1. The lowest BCUT2D eigenvalue weighted by molar-refractivity contribution is -0.0584. The highest BCUT2D eigenvalue weighted by Gasteiger charge is 2.29. The summed E-state index contributed by atoms with van der Waals surface area (Å²) >= 11 is 1.31. The van der Waals surface area contributed by atoms with Crippen molar-refractivity contribution in [3.05, 3.63) is 4.88 Å². The Kier molecular flexibility index (Phi) is 4.49. The minimum Gasteiger partial charge on any atom is -0.382 e. The van der Waals surface area contributed by atoms with Crippen LogP contribution in [0, 0.1) is 0 Å². The van der Waals surface area contributed by atoms with Crippen molar-refractivity contribution < 1.29 is 9.53 Å². The normalized spacial score (nSPS) is 23.1. The number of hydrogen-bond acceptors (Lipinski definition) is 6. The quantitative estimate of drug-likeness (QED) is 0.889. The molecule has 1 saturated heterocycles. The fourth-order valence-electron chi connectivity index (χ4n) is 2.28. The van der Waals surface area contributed by atoms with Crippen LogP contribution in [-0.2, 0) is 4.74 Å². The van der Waals surface area contributed by atoms with Crippen molar-refractivity contribution in [2.75, 3.05) is 24.1 Å². The number of hydrogen-bond donors (Lipinski definition) is 2. The smallest absolute Gasteiger partial charge is 0.268 e. The van der Waals surface area contributed by atoms with Crippen LogP contribution in [-0.4, -0.2) is 47.1 Å². The number of anilines is 2. The highest BCUT2D eigenvalue weighted by atomic mass is 32.1. The number of amides is 1. The second-order valence-corrected chi connectivity index (χ2v) is 6.50. The van der Waals surface area contributed by atoms with Crippen LogP contribution in [0.5, 0.6) is 0 Å². The Balaban J connectivity index is 2.14. The maximum absolute atomic E-state index is 12.5. The Hall–Kier alpha value is -1.34. The molecule has 112 valence electrons. The number of thiazole rings is 1. The molecule has 0 unspecified atom stereocenters. The first-order valence-electron chi connectivity index (χ1n) is 6.84. The van der Waals surface area contributed by atoms with Crippen LogP contribution in [0.2, 0.25) is 0 Å². The maximum atomic E-state index is 12.5. The molecular weight excluding hydrogens is 276 g/mol. The number of carbonyl (C=O) groups is 1. The molecule has 6 nitrogen and oxygen atoms in total. The van der Waals surface area contributed by atoms with E-state index in [0.717, 1.165) is 0 Å². The zero-order chi connectivity index (χ0) is 14.9. The minimum atomic E-state index is -0.0567. The topological polar surface area (TPSA) is 80.5 Å². The summed E-state index contributed by atoms with van der Waals surface area (Å²) in [7, 11) is 0. The number of carbonyl (C=O) groups excluding carboxylic acids is 1. The van der Waals surface area contributed by atoms with Gasteiger partial charge in [-0.3, -0.25) is 4.79 Å². The monoisotopic (exact) mass is 298 g/mol. The van der Waals surface area contributed by atoms with E-state index in [1.165, 1.54) is 11.3 Å². The molecule has 0 aromatic carbocycles. The molecule has 1 aliphatic heterocycles. The van der Waals surface area contributed by atoms with Crippen LogP contribution in [0.25, 0.3) is 0 Å². The molecule has 1 fully saturated rings. The predicted molar refractivity (Wildman–Crippen MR) is 81.2 cm³/mol. The average molecular weight is 298 g/mol. The van der Waals surface area contributed by atoms with Crippen LogP contribution in [0.15, 0.2) is 0 Å². The molecule has 0 saturated carbocycles. The largest absolute Gasteiger partial charge is 0.382 e. The lowest BCUT2D eigenvalue weighted by Gasteiger charge is -2.35. The van der Waals surface area contributed by atoms with Gasteiger partial charge in [0, 0.05) is 19.1 Å². The molecule has 0 spiro atoms. The Labute approximate surface area is 123 Å². The number of morpholine rings is 1. The van der Waals surface area contributed by atoms with Crippen LogP contribution in [0.1, 0.15) is 37.4 Å². The number of nitrogens with one attached hydrogen (secondary N) is 1. The second kappa shape index (κ2) is 5.97. The highest BCUT2D eigenvalue weighted by molar-refractivity contribution is 7.18. The standard InChI is InChI=1S/C13H22N4O2S/c1-7(2)15-13-16-11(14)10(20-13)12(18)17-5-8(3)19-9(4)6-17/h7-9H,5-6,14H2,1-4H3,(H,15,16)/t8-,9+. The summed E-state index contributed by atoms with van der Waals surface area (Å²) in [4.78, 5) is 19.1. The van der Waals surface area contributed by atoms with E-state index >= 15 is 0 Å². The van der Waals surface area contributed by atoms with Gasteiger partial charge >= 0.3 is 0 Å². The molecule has 2 atom stereocenters. The molecule has 20 heavy (non-hydrogen) atoms. The van der Waals surface area contributed by atoms with Gasteiger partial charge in [-0.1, -0.05) is 11.3 Å². The Morgan fingerprint density at radius 2 is 2.05 bits per heavy atom. The second-order valence-electron chi connectivity index (χ2n) is 5.50. The van der Waals surface area contributed by atoms with Crippen molar-refractivity contribution in [1.82, 2.24) is 9.88 Å². The molecule has 0 aliphatic carbocycles. The van der Waals surface area contributed by atoms with E-state index in [1.54, 1.807) is 4.90 Å². The van der Waals surface area contributed by atoms with Crippen LogP contribution >= 0.6 is 11.3 Å². The Morgan fingerprint density at radius 3 is 2.60 bits per heavy atom. The third kappa shape index (κ3) is 3.40. The van der Waals surface area contributed by atoms with Crippen molar-refractivity contribution in [2.24, 2.45) is 0 Å². The first-order valence-corrected chi connectivity index (χ1v) is 7.66. The summed E-state index contributed by atoms with van der Waals surface area (Å²) in [5.41, 5.74) is 5.87. The third-order valence-electron chi connectivity index (χ3n) is 2.97. The maximum Gasteiger partial charge on any atom is 0.268 e. The zero-order valence-corrected chi connectivity index (χ0v) is 13.2. The summed E-state index contributed by atoms with van der Waals surface area (Å²) in [5, 5.41) is 3.86. The van der Waals surface area contributed by atoms with E-state index in [9.17, 15) is 4.79 Å². The van der Waals surface area contributed by atoms with Crippen LogP contribution < -0.4 is 11.1 Å². The van der Waals surface area contributed by atoms with Crippen molar-refractivity contribution in [3.8, 4) is 0 Å². The lowest BCUT2D eigenvalue weighted by Crippen LogP contribution is -2.48. The summed E-state index contributed by atoms with van der Waals surface area (Å²) in [5.74, 6) is 0.244. The van der Waals surface area contributed by atoms with Crippen LogP contribution in [0.3, 0.4) is 0 Å². The van der Waals surface area contributed by atoms with E-state index in [1.807, 2.05) is 27.7 Å². The molecule has 7 heteroatoms. The molecule has 1 aliphatic rings. The molecule has 3 N–H and O–H groups in total. The van der Waals surface area contributed by atoms with E-state index in [2.05, 4.69) is 10.3 Å². The number of nitrogen functional groups attached to an aromatic ring is 1. The predicted octanol–water partition coefficient (Wildman–Crippen LogP) is 1.79. The molecule has 0 radical (unpaired) electrons. The van der Waals surface area contributed by atoms with Gasteiger partial charge in [-0.25, -0.2) is 4.98 Å². The third-order valence-corrected chi connectivity index (χ3v) is 3.96. The van der Waals surface area contributed by atoms with Gasteiger partial charge in [0.05, 0.1) is 12.2 Å². The first-order chi connectivity index (χ1) is 9.36. The summed E-state index contributed by atoms with van der Waals surface area (Å²) in [6.45, 7) is 9.16. The number of nitrogens with zero attached hydrogens (tertiary/aromatic N) is 2. The van der Waals surface area contributed by atoms with Gasteiger partial charge in [-0.15, -0.1) is 0 Å². The van der Waals surface area contributed by atoms with Gasteiger partial charge in [0.1, 0.15) is 10.7 Å². The SMILES string of the molecule is CC(C)Nc1nc(N)c(C(=O)N2C[C@@H](C)O[C@@H](C)C2)s1. The molecule has 1 aromatic heterocycles. The van der Waals surface area contributed by atoms with E-state index in [-0.39, 0.29) is 24.2 Å². The fraction of sp³-hybridized carbons (Fsp3) is 0.692. The molecule has 0 bridgehead atoms. The minimum absolute atomic E-state index is 0.0464. The van der Waals surface area contributed by atoms with Gasteiger partial charge in [0.25, 0.3) is 5.91 Å². The average Bonchev–Trinajstić information content (AvgIpc) is 2.67. The molecule has 2 heterocycles. The number of rotatable bonds is 3.